The summed E-state index contributed by atoms with van der Waals surface area (Å²) in [5.41, 5.74) is 3.78. The molecule has 5 nitrogen and oxygen atoms in total. The van der Waals surface area contributed by atoms with E-state index in [-0.39, 0.29) is 16.8 Å². The third-order valence-electron chi connectivity index (χ3n) is 5.36. The van der Waals surface area contributed by atoms with Crippen LogP contribution in [-0.2, 0) is 10.0 Å². The standard InChI is InChI=1S/C25H28N2O3S/c1-5-23(20-14-10-18(2)11-15-20)26-25(28)22-8-6-7-9-24(22)27(4)31(29,30)21-16-12-19(3)13-17-21/h6-17,23H,5H2,1-4H3,(H,26,28)/t23-/m1/s1. The van der Waals surface area contributed by atoms with Gasteiger partial charge in [-0.2, -0.15) is 0 Å². The van der Waals surface area contributed by atoms with Gasteiger partial charge in [0, 0.05) is 7.05 Å². The first-order valence-electron chi connectivity index (χ1n) is 10.3. The molecule has 3 rings (SSSR count). The van der Waals surface area contributed by atoms with E-state index >= 15 is 0 Å². The summed E-state index contributed by atoms with van der Waals surface area (Å²) in [5, 5.41) is 3.05. The fourth-order valence-corrected chi connectivity index (χ4v) is 4.61. The summed E-state index contributed by atoms with van der Waals surface area (Å²) in [5.74, 6) is -0.311. The molecule has 0 heterocycles. The van der Waals surface area contributed by atoms with E-state index in [9.17, 15) is 13.2 Å². The molecule has 0 fully saturated rings. The molecule has 6 heteroatoms. The van der Waals surface area contributed by atoms with Gasteiger partial charge >= 0.3 is 0 Å². The largest absolute Gasteiger partial charge is 0.345 e. The van der Waals surface area contributed by atoms with Crippen molar-refractivity contribution in [3.63, 3.8) is 0 Å². The molecular formula is C25H28N2O3S. The van der Waals surface area contributed by atoms with E-state index in [1.54, 1.807) is 48.5 Å². The quantitative estimate of drug-likeness (QED) is 0.566. The van der Waals surface area contributed by atoms with Crippen molar-refractivity contribution < 1.29 is 13.2 Å². The third-order valence-corrected chi connectivity index (χ3v) is 7.15. The zero-order valence-corrected chi connectivity index (χ0v) is 19.1. The molecular weight excluding hydrogens is 408 g/mol. The molecule has 0 bridgehead atoms. The molecule has 0 spiro atoms. The Hall–Kier alpha value is -3.12. The lowest BCUT2D eigenvalue weighted by atomic mass is 10.0. The minimum absolute atomic E-state index is 0.167. The number of nitrogens with zero attached hydrogens (tertiary/aromatic N) is 1. The number of nitrogens with one attached hydrogen (secondary N) is 1. The van der Waals surface area contributed by atoms with Crippen LogP contribution in [0, 0.1) is 13.8 Å². The van der Waals surface area contributed by atoms with Crippen LogP contribution in [0.25, 0.3) is 0 Å². The highest BCUT2D eigenvalue weighted by Crippen LogP contribution is 2.27. The number of sulfonamides is 1. The van der Waals surface area contributed by atoms with Crippen molar-refractivity contribution in [1.29, 1.82) is 0 Å². The smallest absolute Gasteiger partial charge is 0.264 e. The van der Waals surface area contributed by atoms with Gasteiger partial charge in [-0.25, -0.2) is 8.42 Å². The maximum absolute atomic E-state index is 13.2. The van der Waals surface area contributed by atoms with E-state index in [2.05, 4.69) is 5.32 Å². The van der Waals surface area contributed by atoms with E-state index < -0.39 is 10.0 Å². The second kappa shape index (κ2) is 9.35. The van der Waals surface area contributed by atoms with Gasteiger partial charge in [0.15, 0.2) is 0 Å². The molecule has 0 aliphatic rings. The van der Waals surface area contributed by atoms with E-state index in [4.69, 9.17) is 0 Å². The van der Waals surface area contributed by atoms with Crippen LogP contribution in [-0.4, -0.2) is 21.4 Å². The molecule has 31 heavy (non-hydrogen) atoms. The molecule has 1 N–H and O–H groups in total. The van der Waals surface area contributed by atoms with E-state index in [1.165, 1.54) is 11.4 Å². The second-order valence-corrected chi connectivity index (χ2v) is 9.62. The van der Waals surface area contributed by atoms with Gasteiger partial charge < -0.3 is 5.32 Å². The summed E-state index contributed by atoms with van der Waals surface area (Å²) < 4.78 is 27.5. The molecule has 3 aromatic carbocycles. The molecule has 162 valence electrons. The second-order valence-electron chi connectivity index (χ2n) is 7.65. The van der Waals surface area contributed by atoms with E-state index in [0.29, 0.717) is 17.7 Å². The highest BCUT2D eigenvalue weighted by Gasteiger charge is 2.25. The maximum atomic E-state index is 13.2. The van der Waals surface area contributed by atoms with Gasteiger partial charge in [-0.05, 0) is 50.1 Å². The predicted octanol–water partition coefficient (Wildman–Crippen LogP) is 5.01. The molecule has 0 aliphatic carbocycles. The fraction of sp³-hybridized carbons (Fsp3) is 0.240. The minimum Gasteiger partial charge on any atom is -0.345 e. The zero-order valence-electron chi connectivity index (χ0n) is 18.3. The lowest BCUT2D eigenvalue weighted by Crippen LogP contribution is -2.32. The minimum atomic E-state index is -3.80. The van der Waals surface area contributed by atoms with Crippen LogP contribution >= 0.6 is 0 Å². The first-order chi connectivity index (χ1) is 14.7. The van der Waals surface area contributed by atoms with Gasteiger partial charge in [0.2, 0.25) is 0 Å². The molecule has 0 saturated heterocycles. The molecule has 1 amide bonds. The van der Waals surface area contributed by atoms with Crippen LogP contribution in [0.4, 0.5) is 5.69 Å². The molecule has 3 aromatic rings. The average molecular weight is 437 g/mol. The number of rotatable bonds is 7. The maximum Gasteiger partial charge on any atom is 0.264 e. The van der Waals surface area contributed by atoms with Gasteiger partial charge in [-0.15, -0.1) is 0 Å². The van der Waals surface area contributed by atoms with Crippen molar-refractivity contribution in [3.05, 3.63) is 95.1 Å². The van der Waals surface area contributed by atoms with Crippen molar-refractivity contribution in [2.75, 3.05) is 11.4 Å². The number of hydrogen-bond acceptors (Lipinski definition) is 3. The predicted molar refractivity (Wildman–Crippen MR) is 125 cm³/mol. The first-order valence-corrected chi connectivity index (χ1v) is 11.7. The fourth-order valence-electron chi connectivity index (χ4n) is 3.39. The van der Waals surface area contributed by atoms with Gasteiger partial charge in [0.05, 0.1) is 22.2 Å². The topological polar surface area (TPSA) is 66.5 Å². The summed E-state index contributed by atoms with van der Waals surface area (Å²) in [4.78, 5) is 13.3. The van der Waals surface area contributed by atoms with Gasteiger partial charge in [0.25, 0.3) is 15.9 Å². The van der Waals surface area contributed by atoms with Crippen molar-refractivity contribution in [1.82, 2.24) is 5.32 Å². The van der Waals surface area contributed by atoms with Crippen LogP contribution in [0.5, 0.6) is 0 Å². The van der Waals surface area contributed by atoms with Crippen molar-refractivity contribution in [2.24, 2.45) is 0 Å². The number of para-hydroxylation sites is 1. The summed E-state index contributed by atoms with van der Waals surface area (Å²) in [6, 6.07) is 21.3. The summed E-state index contributed by atoms with van der Waals surface area (Å²) >= 11 is 0. The highest BCUT2D eigenvalue weighted by atomic mass is 32.2. The Kier molecular flexibility index (Phi) is 6.81. The monoisotopic (exact) mass is 436 g/mol. The van der Waals surface area contributed by atoms with Gasteiger partial charge in [-0.1, -0.05) is 66.6 Å². The number of benzene rings is 3. The van der Waals surface area contributed by atoms with E-state index in [0.717, 1.165) is 16.7 Å². The van der Waals surface area contributed by atoms with Crippen LogP contribution in [0.2, 0.25) is 0 Å². The Morgan fingerprint density at radius 1 is 0.903 bits per heavy atom. The lowest BCUT2D eigenvalue weighted by molar-refractivity contribution is 0.0936. The Morgan fingerprint density at radius 2 is 1.45 bits per heavy atom. The van der Waals surface area contributed by atoms with Crippen LogP contribution in [0.15, 0.2) is 77.7 Å². The Labute approximate surface area is 184 Å². The zero-order chi connectivity index (χ0) is 22.6. The Bertz CT molecular complexity index is 1150. The number of amides is 1. The number of aryl methyl sites for hydroxylation is 2. The average Bonchev–Trinajstić information content (AvgIpc) is 2.77. The molecule has 0 aromatic heterocycles. The number of hydrogen-bond donors (Lipinski definition) is 1. The molecule has 0 aliphatic heterocycles. The summed E-state index contributed by atoms with van der Waals surface area (Å²) in [6.07, 6.45) is 0.717. The Balaban J connectivity index is 1.90. The molecule has 0 unspecified atom stereocenters. The van der Waals surface area contributed by atoms with Crippen molar-refractivity contribution >= 4 is 21.6 Å². The molecule has 0 radical (unpaired) electrons. The lowest BCUT2D eigenvalue weighted by Gasteiger charge is -2.24. The van der Waals surface area contributed by atoms with Crippen LogP contribution in [0.3, 0.4) is 0 Å². The SMILES string of the molecule is CC[C@@H](NC(=O)c1ccccc1N(C)S(=O)(=O)c1ccc(C)cc1)c1ccc(C)cc1. The van der Waals surface area contributed by atoms with Gasteiger partial charge in [-0.3, -0.25) is 9.10 Å². The molecule has 0 saturated carbocycles. The Morgan fingerprint density at radius 3 is 2.03 bits per heavy atom. The highest BCUT2D eigenvalue weighted by molar-refractivity contribution is 7.92. The normalized spacial score (nSPS) is 12.3. The van der Waals surface area contributed by atoms with Crippen LogP contribution in [0.1, 0.15) is 46.4 Å². The number of anilines is 1. The number of carbonyl (C=O) groups excluding carboxylic acids is 1. The molecule has 1 atom stereocenters. The summed E-state index contributed by atoms with van der Waals surface area (Å²) in [6.45, 7) is 5.92. The van der Waals surface area contributed by atoms with Crippen molar-refractivity contribution in [3.8, 4) is 0 Å². The summed E-state index contributed by atoms with van der Waals surface area (Å²) in [7, 11) is -2.33. The van der Waals surface area contributed by atoms with Crippen LogP contribution < -0.4 is 9.62 Å². The van der Waals surface area contributed by atoms with Gasteiger partial charge in [0.1, 0.15) is 0 Å². The first kappa shape index (κ1) is 22.6. The number of carbonyl (C=O) groups is 1. The third kappa shape index (κ3) is 4.97. The van der Waals surface area contributed by atoms with E-state index in [1.807, 2.05) is 45.0 Å². The van der Waals surface area contributed by atoms with Crippen molar-refractivity contribution in [2.45, 2.75) is 38.1 Å².